The summed E-state index contributed by atoms with van der Waals surface area (Å²) >= 11 is 0. The van der Waals surface area contributed by atoms with Crippen molar-refractivity contribution in [2.75, 3.05) is 19.7 Å². The molecular weight excluding hydrogens is 291 g/mol. The van der Waals surface area contributed by atoms with Crippen LogP contribution >= 0.6 is 0 Å². The first-order chi connectivity index (χ1) is 11.2. The third kappa shape index (κ3) is 3.12. The van der Waals surface area contributed by atoms with E-state index in [0.29, 0.717) is 6.54 Å². The zero-order chi connectivity index (χ0) is 16.3. The number of nitrogens with zero attached hydrogens (tertiary/aromatic N) is 2. The molecular formula is C19H19FN2O. The first-order valence-electron chi connectivity index (χ1n) is 7.74. The van der Waals surface area contributed by atoms with Crippen LogP contribution in [0.5, 0.6) is 0 Å². The molecule has 118 valence electrons. The normalized spacial score (nSPS) is 21.3. The number of likely N-dealkylation sites (tertiary alicyclic amines) is 1. The summed E-state index contributed by atoms with van der Waals surface area (Å²) in [6, 6.07) is 16.7. The minimum absolute atomic E-state index is 0.0733. The number of aliphatic hydroxyl groups excluding tert-OH is 1. The number of hydrogen-bond donors (Lipinski definition) is 1. The molecule has 23 heavy (non-hydrogen) atoms. The molecule has 0 bridgehead atoms. The van der Waals surface area contributed by atoms with Gasteiger partial charge in [-0.05, 0) is 36.2 Å². The highest BCUT2D eigenvalue weighted by atomic mass is 19.1. The van der Waals surface area contributed by atoms with Gasteiger partial charge >= 0.3 is 0 Å². The first kappa shape index (κ1) is 15.7. The van der Waals surface area contributed by atoms with E-state index < -0.39 is 5.82 Å². The fourth-order valence-corrected chi connectivity index (χ4v) is 3.35. The second kappa shape index (κ2) is 6.49. The number of hydrogen-bond acceptors (Lipinski definition) is 3. The molecule has 1 aliphatic heterocycles. The average Bonchev–Trinajstić information content (AvgIpc) is 3.00. The first-order valence-corrected chi connectivity index (χ1v) is 7.74. The maximum Gasteiger partial charge on any atom is 0.141 e. The Morgan fingerprint density at radius 1 is 1.22 bits per heavy atom. The summed E-state index contributed by atoms with van der Waals surface area (Å²) < 4.78 is 13.7. The molecule has 0 aromatic heterocycles. The molecule has 0 saturated carbocycles. The van der Waals surface area contributed by atoms with Crippen LogP contribution in [-0.4, -0.2) is 29.7 Å². The number of benzene rings is 2. The lowest BCUT2D eigenvalue weighted by atomic mass is 9.80. The standard InChI is InChI=1S/C19H19FN2O/c20-18-10-15(6-7-16(18)11-21)12-22-9-8-19(13-22,14-23)17-4-2-1-3-5-17/h1-7,10,23H,8-9,12-14H2. The molecule has 1 aliphatic rings. The molecule has 0 aliphatic carbocycles. The van der Waals surface area contributed by atoms with Crippen molar-refractivity contribution in [3.05, 3.63) is 71.0 Å². The summed E-state index contributed by atoms with van der Waals surface area (Å²) in [5.74, 6) is -0.472. The van der Waals surface area contributed by atoms with Crippen molar-refractivity contribution >= 4 is 0 Å². The average molecular weight is 310 g/mol. The fraction of sp³-hybridized carbons (Fsp3) is 0.316. The molecule has 3 nitrogen and oxygen atoms in total. The minimum atomic E-state index is -0.472. The van der Waals surface area contributed by atoms with Crippen LogP contribution in [0.1, 0.15) is 23.1 Å². The third-order valence-electron chi connectivity index (χ3n) is 4.68. The summed E-state index contributed by atoms with van der Waals surface area (Å²) in [7, 11) is 0. The predicted molar refractivity (Wildman–Crippen MR) is 86.2 cm³/mol. The summed E-state index contributed by atoms with van der Waals surface area (Å²) in [4.78, 5) is 2.23. The predicted octanol–water partition coefficient (Wildman–Crippen LogP) is 2.83. The second-order valence-corrected chi connectivity index (χ2v) is 6.19. The molecule has 1 atom stereocenters. The van der Waals surface area contributed by atoms with Crippen LogP contribution in [0.4, 0.5) is 4.39 Å². The Kier molecular flexibility index (Phi) is 4.42. The van der Waals surface area contributed by atoms with Gasteiger partial charge in [0.2, 0.25) is 0 Å². The van der Waals surface area contributed by atoms with Crippen LogP contribution in [0.3, 0.4) is 0 Å². The smallest absolute Gasteiger partial charge is 0.141 e. The Morgan fingerprint density at radius 2 is 2.00 bits per heavy atom. The molecule has 1 heterocycles. The molecule has 0 amide bonds. The van der Waals surface area contributed by atoms with Gasteiger partial charge in [-0.15, -0.1) is 0 Å². The lowest BCUT2D eigenvalue weighted by molar-refractivity contribution is 0.188. The van der Waals surface area contributed by atoms with E-state index >= 15 is 0 Å². The molecule has 1 unspecified atom stereocenters. The monoisotopic (exact) mass is 310 g/mol. The minimum Gasteiger partial charge on any atom is -0.395 e. The van der Waals surface area contributed by atoms with Crippen LogP contribution in [0.2, 0.25) is 0 Å². The van der Waals surface area contributed by atoms with E-state index in [-0.39, 0.29) is 17.6 Å². The number of halogens is 1. The van der Waals surface area contributed by atoms with Gasteiger partial charge in [0, 0.05) is 18.5 Å². The summed E-state index contributed by atoms with van der Waals surface area (Å²) in [6.07, 6.45) is 0.881. The maximum atomic E-state index is 13.7. The largest absolute Gasteiger partial charge is 0.395 e. The Hall–Kier alpha value is -2.22. The van der Waals surface area contributed by atoms with Gasteiger partial charge < -0.3 is 5.11 Å². The summed E-state index contributed by atoms with van der Waals surface area (Å²) in [6.45, 7) is 2.33. The lowest BCUT2D eigenvalue weighted by Crippen LogP contribution is -2.34. The molecule has 2 aromatic rings. The molecule has 1 fully saturated rings. The molecule has 2 aromatic carbocycles. The van der Waals surface area contributed by atoms with Gasteiger partial charge in [-0.2, -0.15) is 5.26 Å². The zero-order valence-corrected chi connectivity index (χ0v) is 12.9. The second-order valence-electron chi connectivity index (χ2n) is 6.19. The highest BCUT2D eigenvalue weighted by molar-refractivity contribution is 5.34. The van der Waals surface area contributed by atoms with E-state index in [1.165, 1.54) is 12.1 Å². The highest BCUT2D eigenvalue weighted by Gasteiger charge is 2.38. The van der Waals surface area contributed by atoms with E-state index in [4.69, 9.17) is 5.26 Å². The molecule has 4 heteroatoms. The van der Waals surface area contributed by atoms with Crippen molar-refractivity contribution in [1.82, 2.24) is 4.90 Å². The fourth-order valence-electron chi connectivity index (χ4n) is 3.35. The van der Waals surface area contributed by atoms with Crippen LogP contribution in [0, 0.1) is 17.1 Å². The van der Waals surface area contributed by atoms with E-state index in [1.807, 2.05) is 24.3 Å². The lowest BCUT2D eigenvalue weighted by Gasteiger charge is -2.28. The molecule has 3 rings (SSSR count). The van der Waals surface area contributed by atoms with Gasteiger partial charge in [-0.3, -0.25) is 4.90 Å². The Labute approximate surface area is 135 Å². The van der Waals surface area contributed by atoms with E-state index in [0.717, 1.165) is 30.6 Å². The zero-order valence-electron chi connectivity index (χ0n) is 12.9. The van der Waals surface area contributed by atoms with Crippen molar-refractivity contribution in [3.63, 3.8) is 0 Å². The van der Waals surface area contributed by atoms with Crippen molar-refractivity contribution in [3.8, 4) is 6.07 Å². The molecule has 1 saturated heterocycles. The summed E-state index contributed by atoms with van der Waals surface area (Å²) in [5.41, 5.74) is 1.83. The van der Waals surface area contributed by atoms with Crippen LogP contribution < -0.4 is 0 Å². The van der Waals surface area contributed by atoms with Gasteiger partial charge in [0.25, 0.3) is 0 Å². The SMILES string of the molecule is N#Cc1ccc(CN2CCC(CO)(c3ccccc3)C2)cc1F. The number of aliphatic hydroxyl groups is 1. The van der Waals surface area contributed by atoms with Gasteiger partial charge in [-0.25, -0.2) is 4.39 Å². The number of nitriles is 1. The van der Waals surface area contributed by atoms with Crippen LogP contribution in [0.15, 0.2) is 48.5 Å². The van der Waals surface area contributed by atoms with Crippen molar-refractivity contribution in [2.24, 2.45) is 0 Å². The molecule has 0 radical (unpaired) electrons. The van der Waals surface area contributed by atoms with Crippen LogP contribution in [-0.2, 0) is 12.0 Å². The molecule has 1 N–H and O–H groups in total. The van der Waals surface area contributed by atoms with Crippen molar-refractivity contribution in [1.29, 1.82) is 5.26 Å². The van der Waals surface area contributed by atoms with E-state index in [2.05, 4.69) is 17.0 Å². The summed E-state index contributed by atoms with van der Waals surface area (Å²) in [5, 5.41) is 18.7. The van der Waals surface area contributed by atoms with Crippen LogP contribution in [0.25, 0.3) is 0 Å². The van der Waals surface area contributed by atoms with Gasteiger partial charge in [0.05, 0.1) is 12.2 Å². The van der Waals surface area contributed by atoms with Gasteiger partial charge in [0.15, 0.2) is 0 Å². The van der Waals surface area contributed by atoms with Crippen molar-refractivity contribution < 1.29 is 9.50 Å². The Bertz CT molecular complexity index is 726. The highest BCUT2D eigenvalue weighted by Crippen LogP contribution is 2.34. The topological polar surface area (TPSA) is 47.3 Å². The van der Waals surface area contributed by atoms with E-state index in [9.17, 15) is 9.50 Å². The quantitative estimate of drug-likeness (QED) is 0.944. The third-order valence-corrected chi connectivity index (χ3v) is 4.68. The van der Waals surface area contributed by atoms with Gasteiger partial charge in [-0.1, -0.05) is 36.4 Å². The van der Waals surface area contributed by atoms with Gasteiger partial charge in [0.1, 0.15) is 11.9 Å². The number of rotatable bonds is 4. The molecule has 0 spiro atoms. The Morgan fingerprint density at radius 3 is 2.65 bits per heavy atom. The Balaban J connectivity index is 1.75. The maximum absolute atomic E-state index is 13.7. The van der Waals surface area contributed by atoms with E-state index in [1.54, 1.807) is 6.07 Å². The van der Waals surface area contributed by atoms with Crippen molar-refractivity contribution in [2.45, 2.75) is 18.4 Å².